The summed E-state index contributed by atoms with van der Waals surface area (Å²) in [5.74, 6) is 0.431. The summed E-state index contributed by atoms with van der Waals surface area (Å²) >= 11 is 0. The summed E-state index contributed by atoms with van der Waals surface area (Å²) in [5, 5.41) is 0. The second-order valence-corrected chi connectivity index (χ2v) is 5.08. The molecule has 0 N–H and O–H groups in total. The smallest absolute Gasteiger partial charge is 0.419 e. The second kappa shape index (κ2) is 5.79. The highest BCUT2D eigenvalue weighted by molar-refractivity contribution is 5.35. The van der Waals surface area contributed by atoms with Crippen molar-refractivity contribution >= 4 is 0 Å². The predicted octanol–water partition coefficient (Wildman–Crippen LogP) is 4.37. The summed E-state index contributed by atoms with van der Waals surface area (Å²) < 4.78 is 45.9. The number of benzene rings is 1. The lowest BCUT2D eigenvalue weighted by molar-refractivity contribution is -0.139. The summed E-state index contributed by atoms with van der Waals surface area (Å²) in [5.41, 5.74) is 0.0378. The van der Waals surface area contributed by atoms with Crippen LogP contribution in [0.1, 0.15) is 37.0 Å². The van der Waals surface area contributed by atoms with Crippen molar-refractivity contribution in [3.8, 4) is 5.75 Å². The zero-order valence-corrected chi connectivity index (χ0v) is 12.1. The summed E-state index contributed by atoms with van der Waals surface area (Å²) in [6, 6.07) is 5.36. The molecule has 2 aromatic rings. The van der Waals surface area contributed by atoms with Crippen LogP contribution in [0.4, 0.5) is 13.2 Å². The lowest BCUT2D eigenvalue weighted by Crippen LogP contribution is -2.11. The van der Waals surface area contributed by atoms with E-state index in [2.05, 4.69) is 4.98 Å². The molecule has 0 radical (unpaired) electrons. The van der Waals surface area contributed by atoms with Gasteiger partial charge in [0.05, 0.1) is 11.3 Å². The van der Waals surface area contributed by atoms with E-state index in [1.807, 2.05) is 31.5 Å². The molecule has 0 saturated heterocycles. The zero-order valence-electron chi connectivity index (χ0n) is 12.1. The lowest BCUT2D eigenvalue weighted by atomic mass is 10.2. The molecule has 114 valence electrons. The van der Waals surface area contributed by atoms with E-state index in [1.54, 1.807) is 0 Å². The number of aryl methyl sites for hydroxylation is 1. The summed E-state index contributed by atoms with van der Waals surface area (Å²) in [6.07, 6.45) is -2.57. The Balaban J connectivity index is 2.22. The lowest BCUT2D eigenvalue weighted by Gasteiger charge is -2.15. The monoisotopic (exact) mass is 298 g/mol. The first-order chi connectivity index (χ1) is 9.79. The highest BCUT2D eigenvalue weighted by Gasteiger charge is 2.34. The molecule has 6 heteroatoms. The van der Waals surface area contributed by atoms with Crippen LogP contribution in [-0.2, 0) is 12.8 Å². The molecule has 3 nitrogen and oxygen atoms in total. The van der Waals surface area contributed by atoms with Crippen LogP contribution in [0.2, 0.25) is 0 Å². The maximum absolute atomic E-state index is 12.9. The molecule has 0 aliphatic carbocycles. The van der Waals surface area contributed by atoms with Gasteiger partial charge in [0.2, 0.25) is 0 Å². The van der Waals surface area contributed by atoms with Crippen molar-refractivity contribution in [2.24, 2.45) is 0 Å². The third kappa shape index (κ3) is 3.56. The van der Waals surface area contributed by atoms with E-state index in [9.17, 15) is 13.2 Å². The molecular formula is C15H17F3N2O. The molecule has 0 atom stereocenters. The molecule has 0 spiro atoms. The molecule has 2 rings (SSSR count). The summed E-state index contributed by atoms with van der Waals surface area (Å²) in [4.78, 5) is 4.30. The van der Waals surface area contributed by atoms with E-state index in [0.29, 0.717) is 5.82 Å². The quantitative estimate of drug-likeness (QED) is 0.838. The fraction of sp³-hybridized carbons (Fsp3) is 0.400. The Morgan fingerprint density at radius 3 is 2.52 bits per heavy atom. The summed E-state index contributed by atoms with van der Waals surface area (Å²) in [6.45, 7) is 5.80. The first kappa shape index (κ1) is 15.4. The fourth-order valence-electron chi connectivity index (χ4n) is 2.09. The van der Waals surface area contributed by atoms with Gasteiger partial charge >= 0.3 is 6.18 Å². The molecule has 21 heavy (non-hydrogen) atoms. The number of alkyl halides is 3. The van der Waals surface area contributed by atoms with Crippen molar-refractivity contribution < 1.29 is 17.9 Å². The molecule has 0 aliphatic rings. The van der Waals surface area contributed by atoms with E-state index in [-0.39, 0.29) is 18.4 Å². The number of ether oxygens (including phenoxy) is 1. The van der Waals surface area contributed by atoms with Crippen molar-refractivity contribution in [3.05, 3.63) is 47.5 Å². The number of halogens is 3. The summed E-state index contributed by atoms with van der Waals surface area (Å²) in [7, 11) is 0. The van der Waals surface area contributed by atoms with Gasteiger partial charge in [0.25, 0.3) is 0 Å². The zero-order chi connectivity index (χ0) is 15.6. The van der Waals surface area contributed by atoms with Gasteiger partial charge in [-0.2, -0.15) is 13.2 Å². The van der Waals surface area contributed by atoms with E-state index in [4.69, 9.17) is 4.74 Å². The van der Waals surface area contributed by atoms with Gasteiger partial charge in [0, 0.05) is 12.2 Å². The van der Waals surface area contributed by atoms with E-state index >= 15 is 0 Å². The molecule has 1 aromatic heterocycles. The number of hydrogen-bond acceptors (Lipinski definition) is 2. The number of para-hydroxylation sites is 1. The minimum Gasteiger partial charge on any atom is -0.485 e. The number of aromatic nitrogens is 2. The largest absolute Gasteiger partial charge is 0.485 e. The van der Waals surface area contributed by atoms with Crippen LogP contribution in [0.25, 0.3) is 0 Å². The minimum atomic E-state index is -4.43. The third-order valence-electron chi connectivity index (χ3n) is 3.03. The Bertz CT molecular complexity index is 618. The maximum Gasteiger partial charge on any atom is 0.419 e. The molecular weight excluding hydrogens is 281 g/mol. The van der Waals surface area contributed by atoms with Crippen LogP contribution >= 0.6 is 0 Å². The molecule has 1 aromatic carbocycles. The highest BCUT2D eigenvalue weighted by Crippen LogP contribution is 2.36. The number of imidazole rings is 1. The van der Waals surface area contributed by atoms with Gasteiger partial charge in [-0.1, -0.05) is 12.1 Å². The highest BCUT2D eigenvalue weighted by atomic mass is 19.4. The van der Waals surface area contributed by atoms with E-state index in [1.165, 1.54) is 18.2 Å². The molecule has 0 amide bonds. The first-order valence-electron chi connectivity index (χ1n) is 6.62. The van der Waals surface area contributed by atoms with Crippen LogP contribution in [0.5, 0.6) is 5.75 Å². The Morgan fingerprint density at radius 2 is 1.90 bits per heavy atom. The Labute approximate surface area is 121 Å². The van der Waals surface area contributed by atoms with Gasteiger partial charge in [-0.3, -0.25) is 0 Å². The van der Waals surface area contributed by atoms with Gasteiger partial charge < -0.3 is 9.30 Å². The van der Waals surface area contributed by atoms with Gasteiger partial charge in [-0.25, -0.2) is 4.98 Å². The Hall–Kier alpha value is -1.98. The number of hydrogen-bond donors (Lipinski definition) is 0. The van der Waals surface area contributed by atoms with E-state index < -0.39 is 11.7 Å². The normalized spacial score (nSPS) is 12.0. The number of rotatable bonds is 4. The molecule has 0 bridgehead atoms. The van der Waals surface area contributed by atoms with Crippen molar-refractivity contribution in [2.45, 2.75) is 39.6 Å². The van der Waals surface area contributed by atoms with E-state index in [0.717, 1.165) is 11.8 Å². The van der Waals surface area contributed by atoms with Gasteiger partial charge in [0.1, 0.15) is 18.2 Å². The average Bonchev–Trinajstić information content (AvgIpc) is 2.77. The Kier molecular flexibility index (Phi) is 4.25. The van der Waals surface area contributed by atoms with Crippen LogP contribution < -0.4 is 4.74 Å². The number of nitrogens with zero attached hydrogens (tertiary/aromatic N) is 2. The third-order valence-corrected chi connectivity index (χ3v) is 3.03. The topological polar surface area (TPSA) is 27.1 Å². The van der Waals surface area contributed by atoms with Crippen molar-refractivity contribution in [1.29, 1.82) is 0 Å². The molecule has 0 saturated carbocycles. The molecule has 0 aliphatic heterocycles. The SMILES string of the molecule is Cc1cn(C(C)C)c(COc2ccccc2C(F)(F)F)n1. The maximum atomic E-state index is 12.9. The minimum absolute atomic E-state index is 0.000880. The Morgan fingerprint density at radius 1 is 1.24 bits per heavy atom. The predicted molar refractivity (Wildman–Crippen MR) is 73.1 cm³/mol. The van der Waals surface area contributed by atoms with Crippen LogP contribution in [0.15, 0.2) is 30.5 Å². The fourth-order valence-corrected chi connectivity index (χ4v) is 2.09. The molecule has 0 unspecified atom stereocenters. The van der Waals surface area contributed by atoms with Crippen molar-refractivity contribution in [1.82, 2.24) is 9.55 Å². The van der Waals surface area contributed by atoms with Crippen LogP contribution in [0.3, 0.4) is 0 Å². The van der Waals surface area contributed by atoms with Crippen molar-refractivity contribution in [2.75, 3.05) is 0 Å². The van der Waals surface area contributed by atoms with Crippen LogP contribution in [-0.4, -0.2) is 9.55 Å². The molecule has 0 fully saturated rings. The van der Waals surface area contributed by atoms with Crippen molar-refractivity contribution in [3.63, 3.8) is 0 Å². The molecule has 1 heterocycles. The van der Waals surface area contributed by atoms with Gasteiger partial charge in [-0.15, -0.1) is 0 Å². The van der Waals surface area contributed by atoms with Crippen LogP contribution in [0, 0.1) is 6.92 Å². The average molecular weight is 298 g/mol. The first-order valence-corrected chi connectivity index (χ1v) is 6.62. The standard InChI is InChI=1S/C15H17F3N2O/c1-10(2)20-8-11(3)19-14(20)9-21-13-7-5-4-6-12(13)15(16,17)18/h4-8,10H,9H2,1-3H3. The van der Waals surface area contributed by atoms with Gasteiger partial charge in [-0.05, 0) is 32.9 Å². The van der Waals surface area contributed by atoms with Gasteiger partial charge in [0.15, 0.2) is 0 Å². The second-order valence-electron chi connectivity index (χ2n) is 5.08.